The number of Topliss-reactive ketones (excluding diaryl/α,β-unsaturated/α-hetero) is 1. The highest BCUT2D eigenvalue weighted by Gasteiger charge is 2.28. The second kappa shape index (κ2) is 3.60. The zero-order chi connectivity index (χ0) is 10.1. The molecule has 0 spiro atoms. The number of hydrogen-bond acceptors (Lipinski definition) is 3. The van der Waals surface area contributed by atoms with E-state index in [4.69, 9.17) is 0 Å². The molecule has 0 amide bonds. The van der Waals surface area contributed by atoms with Crippen LogP contribution in [0.4, 0.5) is 0 Å². The minimum absolute atomic E-state index is 0.169. The molecule has 0 saturated carbocycles. The van der Waals surface area contributed by atoms with Gasteiger partial charge in [0.05, 0.1) is 10.4 Å². The maximum Gasteiger partial charge on any atom is 0.192 e. The SMILES string of the molecule is CNC(C)(C)C(=O)c1sccc1C. The molecule has 0 bridgehead atoms. The highest BCUT2D eigenvalue weighted by Crippen LogP contribution is 2.21. The van der Waals surface area contributed by atoms with Gasteiger partial charge in [0, 0.05) is 0 Å². The smallest absolute Gasteiger partial charge is 0.192 e. The molecule has 1 rings (SSSR count). The van der Waals surface area contributed by atoms with Crippen LogP contribution >= 0.6 is 11.3 Å². The van der Waals surface area contributed by atoms with Crippen molar-refractivity contribution in [3.8, 4) is 0 Å². The fourth-order valence-electron chi connectivity index (χ4n) is 1.00. The Bertz CT molecular complexity index is 314. The van der Waals surface area contributed by atoms with Gasteiger partial charge < -0.3 is 5.32 Å². The summed E-state index contributed by atoms with van der Waals surface area (Å²) in [6.07, 6.45) is 0. The maximum atomic E-state index is 11.9. The number of ketones is 1. The normalized spacial score (nSPS) is 11.7. The van der Waals surface area contributed by atoms with Crippen molar-refractivity contribution >= 4 is 17.1 Å². The summed E-state index contributed by atoms with van der Waals surface area (Å²) in [7, 11) is 1.81. The fourth-order valence-corrected chi connectivity index (χ4v) is 2.03. The van der Waals surface area contributed by atoms with E-state index in [1.54, 1.807) is 7.05 Å². The van der Waals surface area contributed by atoms with Crippen molar-refractivity contribution in [2.75, 3.05) is 7.05 Å². The van der Waals surface area contributed by atoms with Gasteiger partial charge in [-0.1, -0.05) is 0 Å². The number of hydrogen-bond donors (Lipinski definition) is 1. The molecule has 1 N–H and O–H groups in total. The first kappa shape index (κ1) is 10.4. The average molecular weight is 197 g/mol. The molecule has 3 heteroatoms. The topological polar surface area (TPSA) is 29.1 Å². The molecule has 13 heavy (non-hydrogen) atoms. The molecule has 0 aromatic carbocycles. The van der Waals surface area contributed by atoms with Crippen molar-refractivity contribution in [1.29, 1.82) is 0 Å². The van der Waals surface area contributed by atoms with Crippen LogP contribution in [0.15, 0.2) is 11.4 Å². The Hall–Kier alpha value is -0.670. The van der Waals surface area contributed by atoms with Gasteiger partial charge in [-0.2, -0.15) is 0 Å². The van der Waals surface area contributed by atoms with E-state index < -0.39 is 5.54 Å². The molecule has 1 heterocycles. The van der Waals surface area contributed by atoms with Crippen LogP contribution in [0.2, 0.25) is 0 Å². The Balaban J connectivity index is 2.98. The van der Waals surface area contributed by atoms with Gasteiger partial charge in [-0.05, 0) is 44.8 Å². The Labute approximate surface area is 83.0 Å². The summed E-state index contributed by atoms with van der Waals surface area (Å²) in [6.45, 7) is 5.76. The Morgan fingerprint density at radius 3 is 2.54 bits per heavy atom. The second-order valence-corrected chi connectivity index (χ2v) is 4.55. The van der Waals surface area contributed by atoms with Crippen LogP contribution in [0.25, 0.3) is 0 Å². The molecule has 0 saturated heterocycles. The number of thiophene rings is 1. The Kier molecular flexibility index (Phi) is 2.88. The molecule has 0 fully saturated rings. The molecule has 72 valence electrons. The van der Waals surface area contributed by atoms with E-state index in [2.05, 4.69) is 5.32 Å². The van der Waals surface area contributed by atoms with E-state index in [0.717, 1.165) is 10.4 Å². The van der Waals surface area contributed by atoms with Crippen molar-refractivity contribution in [2.24, 2.45) is 0 Å². The second-order valence-electron chi connectivity index (χ2n) is 3.64. The number of rotatable bonds is 3. The molecule has 0 unspecified atom stereocenters. The summed E-state index contributed by atoms with van der Waals surface area (Å²) < 4.78 is 0. The molecule has 0 radical (unpaired) electrons. The fraction of sp³-hybridized carbons (Fsp3) is 0.500. The van der Waals surface area contributed by atoms with Gasteiger partial charge in [0.25, 0.3) is 0 Å². The number of nitrogens with one attached hydrogen (secondary N) is 1. The molecule has 0 aliphatic rings. The lowest BCUT2D eigenvalue weighted by molar-refractivity contribution is 0.0893. The first-order valence-corrected chi connectivity index (χ1v) is 5.15. The van der Waals surface area contributed by atoms with E-state index >= 15 is 0 Å². The Morgan fingerprint density at radius 2 is 2.15 bits per heavy atom. The van der Waals surface area contributed by atoms with Gasteiger partial charge in [0.15, 0.2) is 5.78 Å². The summed E-state index contributed by atoms with van der Waals surface area (Å²) in [4.78, 5) is 12.8. The lowest BCUT2D eigenvalue weighted by Crippen LogP contribution is -2.44. The number of carbonyl (C=O) groups excluding carboxylic acids is 1. The minimum Gasteiger partial charge on any atom is -0.308 e. The molecular formula is C10H15NOS. The average Bonchev–Trinajstić information content (AvgIpc) is 2.50. The van der Waals surface area contributed by atoms with Crippen molar-refractivity contribution in [3.05, 3.63) is 21.9 Å². The Morgan fingerprint density at radius 1 is 1.54 bits per heavy atom. The first-order chi connectivity index (χ1) is 5.99. The summed E-state index contributed by atoms with van der Waals surface area (Å²) in [6, 6.07) is 1.98. The predicted octanol–water partition coefficient (Wildman–Crippen LogP) is 2.24. The zero-order valence-electron chi connectivity index (χ0n) is 8.47. The van der Waals surface area contributed by atoms with Crippen LogP contribution in [0.1, 0.15) is 29.1 Å². The van der Waals surface area contributed by atoms with Crippen LogP contribution in [-0.2, 0) is 0 Å². The maximum absolute atomic E-state index is 11.9. The van der Waals surface area contributed by atoms with Gasteiger partial charge in [-0.25, -0.2) is 0 Å². The molecular weight excluding hydrogens is 182 g/mol. The van der Waals surface area contributed by atoms with Gasteiger partial charge in [-0.3, -0.25) is 4.79 Å². The zero-order valence-corrected chi connectivity index (χ0v) is 9.29. The van der Waals surface area contributed by atoms with Crippen molar-refractivity contribution in [1.82, 2.24) is 5.32 Å². The van der Waals surface area contributed by atoms with Crippen LogP contribution < -0.4 is 5.32 Å². The minimum atomic E-state index is -0.463. The van der Waals surface area contributed by atoms with Crippen LogP contribution in [0.3, 0.4) is 0 Å². The van der Waals surface area contributed by atoms with Gasteiger partial charge in [-0.15, -0.1) is 11.3 Å². The summed E-state index contributed by atoms with van der Waals surface area (Å²) in [5, 5.41) is 4.97. The van der Waals surface area contributed by atoms with Crippen molar-refractivity contribution in [3.63, 3.8) is 0 Å². The van der Waals surface area contributed by atoms with E-state index in [1.807, 2.05) is 32.2 Å². The highest BCUT2D eigenvalue weighted by atomic mass is 32.1. The monoisotopic (exact) mass is 197 g/mol. The molecule has 2 nitrogen and oxygen atoms in total. The standard InChI is InChI=1S/C10H15NOS/c1-7-5-6-13-8(7)9(12)10(2,3)11-4/h5-6,11H,1-4H3. The van der Waals surface area contributed by atoms with Gasteiger partial charge >= 0.3 is 0 Å². The largest absolute Gasteiger partial charge is 0.308 e. The van der Waals surface area contributed by atoms with Crippen LogP contribution in [-0.4, -0.2) is 18.4 Å². The first-order valence-electron chi connectivity index (χ1n) is 4.27. The molecule has 1 aromatic heterocycles. The summed E-state index contributed by atoms with van der Waals surface area (Å²) in [5.74, 6) is 0.169. The summed E-state index contributed by atoms with van der Waals surface area (Å²) >= 11 is 1.51. The highest BCUT2D eigenvalue weighted by molar-refractivity contribution is 7.12. The van der Waals surface area contributed by atoms with Crippen LogP contribution in [0.5, 0.6) is 0 Å². The lowest BCUT2D eigenvalue weighted by Gasteiger charge is -2.21. The predicted molar refractivity (Wildman–Crippen MR) is 56.5 cm³/mol. The third kappa shape index (κ3) is 1.98. The molecule has 1 aromatic rings. The van der Waals surface area contributed by atoms with Gasteiger partial charge in [0.1, 0.15) is 0 Å². The van der Waals surface area contributed by atoms with Crippen molar-refractivity contribution in [2.45, 2.75) is 26.3 Å². The quantitative estimate of drug-likeness (QED) is 0.753. The number of carbonyl (C=O) groups is 1. The van der Waals surface area contributed by atoms with Gasteiger partial charge in [0.2, 0.25) is 0 Å². The molecule has 0 aliphatic carbocycles. The lowest BCUT2D eigenvalue weighted by atomic mass is 9.97. The van der Waals surface area contributed by atoms with E-state index in [0.29, 0.717) is 0 Å². The van der Waals surface area contributed by atoms with E-state index in [1.165, 1.54) is 11.3 Å². The molecule has 0 atom stereocenters. The van der Waals surface area contributed by atoms with E-state index in [9.17, 15) is 4.79 Å². The van der Waals surface area contributed by atoms with Crippen molar-refractivity contribution < 1.29 is 4.79 Å². The third-order valence-corrected chi connectivity index (χ3v) is 3.28. The van der Waals surface area contributed by atoms with E-state index in [-0.39, 0.29) is 5.78 Å². The number of aryl methyl sites for hydroxylation is 1. The summed E-state index contributed by atoms with van der Waals surface area (Å²) in [5.41, 5.74) is 0.605. The van der Waals surface area contributed by atoms with Crippen LogP contribution in [0, 0.1) is 6.92 Å². The molecule has 0 aliphatic heterocycles. The number of likely N-dealkylation sites (N-methyl/N-ethyl adjacent to an activating group) is 1. The third-order valence-electron chi connectivity index (χ3n) is 2.26.